The second-order valence-electron chi connectivity index (χ2n) is 6.95. The van der Waals surface area contributed by atoms with Crippen molar-refractivity contribution in [2.45, 2.75) is 51.7 Å². The summed E-state index contributed by atoms with van der Waals surface area (Å²) in [4.78, 5) is 27.0. The van der Waals surface area contributed by atoms with Crippen LogP contribution in [-0.2, 0) is 10.3 Å². The Bertz CT molecular complexity index is 748. The van der Waals surface area contributed by atoms with E-state index in [0.717, 1.165) is 12.1 Å². The number of carbonyl (C=O) groups excluding carboxylic acids is 1. The van der Waals surface area contributed by atoms with Crippen LogP contribution < -0.4 is 5.32 Å². The van der Waals surface area contributed by atoms with Gasteiger partial charge in [-0.25, -0.2) is 9.18 Å². The van der Waals surface area contributed by atoms with E-state index in [4.69, 9.17) is 4.74 Å². The van der Waals surface area contributed by atoms with Crippen LogP contribution in [0.4, 0.5) is 14.9 Å². The van der Waals surface area contributed by atoms with E-state index >= 15 is 0 Å². The molecule has 1 heterocycles. The molecule has 26 heavy (non-hydrogen) atoms. The standard InChI is InChI=1S/C17H22FN3O4S/c1-5-17(12-10-11(21(23)24)6-7-13(12)18)8-9-26-14(20-17)19-15(22)25-16(2,3)4/h6-7,10H,5,8-9H2,1-4H3,(H,19,20,22). The molecule has 1 aliphatic rings. The largest absolute Gasteiger partial charge is 0.444 e. The number of halogens is 1. The summed E-state index contributed by atoms with van der Waals surface area (Å²) >= 11 is 1.33. The smallest absolute Gasteiger partial charge is 0.413 e. The van der Waals surface area contributed by atoms with Crippen LogP contribution in [0, 0.1) is 15.9 Å². The number of amides is 1. The Morgan fingerprint density at radius 3 is 2.77 bits per heavy atom. The van der Waals surface area contributed by atoms with Gasteiger partial charge in [-0.1, -0.05) is 18.7 Å². The number of nitro benzene ring substituents is 1. The van der Waals surface area contributed by atoms with Gasteiger partial charge in [0.15, 0.2) is 5.17 Å². The fourth-order valence-electron chi connectivity index (χ4n) is 2.68. The molecule has 0 bridgehead atoms. The van der Waals surface area contributed by atoms with Crippen molar-refractivity contribution < 1.29 is 18.8 Å². The quantitative estimate of drug-likeness (QED) is 0.618. The molecule has 0 saturated heterocycles. The van der Waals surface area contributed by atoms with Crippen LogP contribution >= 0.6 is 11.8 Å². The number of rotatable bonds is 3. The summed E-state index contributed by atoms with van der Waals surface area (Å²) in [7, 11) is 0. The van der Waals surface area contributed by atoms with E-state index in [2.05, 4.69) is 10.3 Å². The number of thioether (sulfide) groups is 1. The molecule has 1 aromatic rings. The number of nitrogens with zero attached hydrogens (tertiary/aromatic N) is 2. The predicted octanol–water partition coefficient (Wildman–Crippen LogP) is 4.36. The third-order valence-corrected chi connectivity index (χ3v) is 4.80. The van der Waals surface area contributed by atoms with Crippen molar-refractivity contribution in [2.75, 3.05) is 5.75 Å². The van der Waals surface area contributed by atoms with Crippen LogP contribution in [0.15, 0.2) is 23.2 Å². The van der Waals surface area contributed by atoms with Gasteiger partial charge in [0.2, 0.25) is 0 Å². The molecular formula is C17H22FN3O4S. The molecular weight excluding hydrogens is 361 g/mol. The van der Waals surface area contributed by atoms with Crippen molar-refractivity contribution in [3.05, 3.63) is 39.7 Å². The fraction of sp³-hybridized carbons (Fsp3) is 0.529. The van der Waals surface area contributed by atoms with Gasteiger partial charge in [0.1, 0.15) is 11.4 Å². The Morgan fingerprint density at radius 1 is 1.50 bits per heavy atom. The van der Waals surface area contributed by atoms with Crippen molar-refractivity contribution in [3.63, 3.8) is 0 Å². The maximum atomic E-state index is 14.5. The summed E-state index contributed by atoms with van der Waals surface area (Å²) < 4.78 is 19.7. The lowest BCUT2D eigenvalue weighted by molar-refractivity contribution is -0.385. The number of hydrogen-bond donors (Lipinski definition) is 1. The molecule has 0 saturated carbocycles. The van der Waals surface area contributed by atoms with Crippen LogP contribution in [0.5, 0.6) is 0 Å². The van der Waals surface area contributed by atoms with Crippen molar-refractivity contribution in [1.82, 2.24) is 5.32 Å². The van der Waals surface area contributed by atoms with E-state index in [1.807, 2.05) is 6.92 Å². The SMILES string of the molecule is CCC1(c2cc([N+](=O)[O-])ccc2F)CCSC(NC(=O)OC(C)(C)C)=N1. The summed E-state index contributed by atoms with van der Waals surface area (Å²) in [6, 6.07) is 3.44. The van der Waals surface area contributed by atoms with Gasteiger partial charge in [-0.15, -0.1) is 0 Å². The molecule has 1 aliphatic heterocycles. The number of carbonyl (C=O) groups is 1. The molecule has 1 atom stereocenters. The molecule has 0 fully saturated rings. The molecule has 142 valence electrons. The Labute approximate surface area is 155 Å². The fourth-order valence-corrected chi connectivity index (χ4v) is 3.71. The van der Waals surface area contributed by atoms with Crippen molar-refractivity contribution in [1.29, 1.82) is 0 Å². The highest BCUT2D eigenvalue weighted by Gasteiger charge is 2.37. The van der Waals surface area contributed by atoms with Gasteiger partial charge < -0.3 is 4.74 Å². The van der Waals surface area contributed by atoms with Crippen LogP contribution in [0.1, 0.15) is 46.1 Å². The molecule has 2 rings (SSSR count). The summed E-state index contributed by atoms with van der Waals surface area (Å²) in [5.41, 5.74) is -1.65. The Kier molecular flexibility index (Phi) is 5.90. The number of hydrogen-bond acceptors (Lipinski definition) is 6. The Morgan fingerprint density at radius 2 is 2.19 bits per heavy atom. The highest BCUT2D eigenvalue weighted by atomic mass is 32.2. The summed E-state index contributed by atoms with van der Waals surface area (Å²) in [6.07, 6.45) is 0.298. The minimum absolute atomic E-state index is 0.165. The average Bonchev–Trinajstić information content (AvgIpc) is 2.53. The molecule has 0 spiro atoms. The lowest BCUT2D eigenvalue weighted by Gasteiger charge is -2.33. The number of non-ortho nitro benzene ring substituents is 1. The predicted molar refractivity (Wildman–Crippen MR) is 98.9 cm³/mol. The van der Waals surface area contributed by atoms with Crippen molar-refractivity contribution in [2.24, 2.45) is 4.99 Å². The van der Waals surface area contributed by atoms with E-state index in [1.165, 1.54) is 17.8 Å². The van der Waals surface area contributed by atoms with Gasteiger partial charge in [0, 0.05) is 23.4 Å². The molecule has 1 amide bonds. The second kappa shape index (κ2) is 7.61. The second-order valence-corrected chi connectivity index (χ2v) is 8.03. The molecule has 7 nitrogen and oxygen atoms in total. The van der Waals surface area contributed by atoms with Gasteiger partial charge in [-0.05, 0) is 39.7 Å². The molecule has 1 unspecified atom stereocenters. The average molecular weight is 383 g/mol. The minimum atomic E-state index is -0.967. The Balaban J connectivity index is 2.37. The molecule has 1 aromatic carbocycles. The zero-order valence-electron chi connectivity index (χ0n) is 15.2. The minimum Gasteiger partial charge on any atom is -0.444 e. The van der Waals surface area contributed by atoms with E-state index in [0.29, 0.717) is 23.8 Å². The van der Waals surface area contributed by atoms with Crippen molar-refractivity contribution in [3.8, 4) is 0 Å². The van der Waals surface area contributed by atoms with E-state index < -0.39 is 28.0 Å². The number of amidine groups is 1. The van der Waals surface area contributed by atoms with Crippen LogP contribution in [0.3, 0.4) is 0 Å². The van der Waals surface area contributed by atoms with Gasteiger partial charge in [-0.3, -0.25) is 20.4 Å². The number of alkyl carbamates (subject to hydrolysis) is 1. The van der Waals surface area contributed by atoms with Crippen LogP contribution in [0.2, 0.25) is 0 Å². The van der Waals surface area contributed by atoms with Crippen LogP contribution in [-0.4, -0.2) is 27.5 Å². The third kappa shape index (κ3) is 4.72. The Hall–Kier alpha value is -2.16. The lowest BCUT2D eigenvalue weighted by atomic mass is 9.84. The monoisotopic (exact) mass is 383 g/mol. The summed E-state index contributed by atoms with van der Waals surface area (Å²) in [5.74, 6) is 0.0367. The van der Waals surface area contributed by atoms with E-state index in [-0.39, 0.29) is 11.3 Å². The number of nitro groups is 1. The van der Waals surface area contributed by atoms with Gasteiger partial charge in [0.25, 0.3) is 5.69 Å². The molecule has 0 radical (unpaired) electrons. The first kappa shape index (κ1) is 20.2. The van der Waals surface area contributed by atoms with Gasteiger partial charge in [-0.2, -0.15) is 0 Å². The molecule has 0 aliphatic carbocycles. The van der Waals surface area contributed by atoms with E-state index in [9.17, 15) is 19.3 Å². The molecule has 1 N–H and O–H groups in total. The van der Waals surface area contributed by atoms with Gasteiger partial charge in [0.05, 0.1) is 10.5 Å². The first-order valence-electron chi connectivity index (χ1n) is 8.23. The zero-order chi connectivity index (χ0) is 19.5. The lowest BCUT2D eigenvalue weighted by Crippen LogP contribution is -2.39. The maximum absolute atomic E-state index is 14.5. The number of benzene rings is 1. The molecule has 9 heteroatoms. The topological polar surface area (TPSA) is 93.8 Å². The highest BCUT2D eigenvalue weighted by Crippen LogP contribution is 2.41. The number of nitrogens with one attached hydrogen (secondary N) is 1. The summed E-state index contributed by atoms with van der Waals surface area (Å²) in [6.45, 7) is 7.08. The molecule has 0 aromatic heterocycles. The highest BCUT2D eigenvalue weighted by molar-refractivity contribution is 8.13. The first-order valence-corrected chi connectivity index (χ1v) is 9.22. The van der Waals surface area contributed by atoms with E-state index in [1.54, 1.807) is 20.8 Å². The summed E-state index contributed by atoms with van der Waals surface area (Å²) in [5, 5.41) is 14.0. The number of aliphatic imine (C=N–C) groups is 1. The van der Waals surface area contributed by atoms with Gasteiger partial charge >= 0.3 is 6.09 Å². The van der Waals surface area contributed by atoms with Crippen molar-refractivity contribution >= 4 is 28.7 Å². The third-order valence-electron chi connectivity index (χ3n) is 3.92. The van der Waals surface area contributed by atoms with Crippen LogP contribution in [0.25, 0.3) is 0 Å². The zero-order valence-corrected chi connectivity index (χ0v) is 16.0. The number of ether oxygens (including phenoxy) is 1. The maximum Gasteiger partial charge on any atom is 0.413 e. The normalized spacial score (nSPS) is 20.3. The first-order chi connectivity index (χ1) is 12.1.